The second-order valence-electron chi connectivity index (χ2n) is 13.0. The maximum Gasteiger partial charge on any atom is 0.192 e. The van der Waals surface area contributed by atoms with Crippen LogP contribution < -0.4 is 0 Å². The predicted molar refractivity (Wildman–Crippen MR) is 153 cm³/mol. The van der Waals surface area contributed by atoms with Crippen molar-refractivity contribution >= 4 is 8.32 Å². The molecule has 0 aliphatic rings. The Bertz CT molecular complexity index is 484. The van der Waals surface area contributed by atoms with Crippen LogP contribution in [0.3, 0.4) is 0 Å². The smallest absolute Gasteiger partial charge is 0.192 e. The molecule has 0 aliphatic heterocycles. The van der Waals surface area contributed by atoms with Crippen LogP contribution in [-0.4, -0.2) is 37.8 Å². The third-order valence-corrected chi connectivity index (χ3v) is 12.7. The Kier molecular flexibility index (Phi) is 17.6. The zero-order chi connectivity index (χ0) is 26.3. The van der Waals surface area contributed by atoms with Gasteiger partial charge in [0.2, 0.25) is 0 Å². The first kappa shape index (κ1) is 34.1. The van der Waals surface area contributed by atoms with Gasteiger partial charge in [0.1, 0.15) is 6.10 Å². The molecule has 0 aromatic heterocycles. The van der Waals surface area contributed by atoms with E-state index in [1.807, 2.05) is 0 Å². The van der Waals surface area contributed by atoms with E-state index in [0.29, 0.717) is 12.5 Å². The maximum atomic E-state index is 11.1. The third-order valence-electron chi connectivity index (χ3n) is 8.18. The molecule has 3 nitrogen and oxygen atoms in total. The Morgan fingerprint density at radius 3 is 1.59 bits per heavy atom. The van der Waals surface area contributed by atoms with Crippen LogP contribution in [0.1, 0.15) is 145 Å². The number of hydrogen-bond acceptors (Lipinski definition) is 3. The van der Waals surface area contributed by atoms with E-state index in [1.54, 1.807) is 0 Å². The highest BCUT2D eigenvalue weighted by molar-refractivity contribution is 6.74. The van der Waals surface area contributed by atoms with Crippen LogP contribution in [0, 0.1) is 5.92 Å². The summed E-state index contributed by atoms with van der Waals surface area (Å²) in [7, 11) is -1.89. The number of hydrogen-bond donors (Lipinski definition) is 1. The number of ether oxygens (including phenoxy) is 1. The molecule has 0 spiro atoms. The summed E-state index contributed by atoms with van der Waals surface area (Å²) < 4.78 is 12.9. The predicted octanol–water partition coefficient (Wildman–Crippen LogP) is 9.67. The van der Waals surface area contributed by atoms with Crippen molar-refractivity contribution in [3.8, 4) is 0 Å². The Morgan fingerprint density at radius 1 is 0.735 bits per heavy atom. The second kappa shape index (κ2) is 17.5. The van der Waals surface area contributed by atoms with E-state index in [4.69, 9.17) is 9.16 Å². The number of unbranched alkanes of at least 4 members (excludes halogenated alkanes) is 11. The van der Waals surface area contributed by atoms with E-state index in [9.17, 15) is 5.11 Å². The minimum atomic E-state index is -1.89. The van der Waals surface area contributed by atoms with E-state index in [2.05, 4.69) is 68.5 Å². The van der Waals surface area contributed by atoms with Crippen LogP contribution in [0.2, 0.25) is 18.1 Å². The fourth-order valence-corrected chi connectivity index (χ4v) is 5.12. The molecule has 206 valence electrons. The molecule has 0 saturated heterocycles. The van der Waals surface area contributed by atoms with Crippen molar-refractivity contribution in [2.75, 3.05) is 6.61 Å². The molecule has 3 atom stereocenters. The zero-order valence-electron chi connectivity index (χ0n) is 25.1. The molecule has 0 fully saturated rings. The van der Waals surface area contributed by atoms with Gasteiger partial charge in [-0.3, -0.25) is 0 Å². The summed E-state index contributed by atoms with van der Waals surface area (Å²) >= 11 is 0. The van der Waals surface area contributed by atoms with Gasteiger partial charge in [-0.05, 0) is 50.7 Å². The molecule has 1 N–H and O–H groups in total. The normalized spacial score (nSPS) is 16.0. The fourth-order valence-electron chi connectivity index (χ4n) is 4.10. The molecule has 0 aromatic carbocycles. The molecule has 0 saturated carbocycles. The van der Waals surface area contributed by atoms with Crippen LogP contribution >= 0.6 is 0 Å². The van der Waals surface area contributed by atoms with E-state index in [1.165, 1.54) is 77.0 Å². The summed E-state index contributed by atoms with van der Waals surface area (Å²) in [5, 5.41) is 11.3. The minimum Gasteiger partial charge on any atom is -0.414 e. The molecule has 34 heavy (non-hydrogen) atoms. The number of aliphatic hydroxyl groups is 1. The summed E-state index contributed by atoms with van der Waals surface area (Å²) in [6, 6.07) is 0. The van der Waals surface area contributed by atoms with Crippen LogP contribution in [0.5, 0.6) is 0 Å². The van der Waals surface area contributed by atoms with E-state index < -0.39 is 14.4 Å². The molecule has 0 bridgehead atoms. The van der Waals surface area contributed by atoms with Gasteiger partial charge in [-0.2, -0.15) is 0 Å². The summed E-state index contributed by atoms with van der Waals surface area (Å²) in [5.41, 5.74) is -0.229. The Morgan fingerprint density at radius 2 is 1.18 bits per heavy atom. The van der Waals surface area contributed by atoms with Gasteiger partial charge in [0.05, 0.1) is 18.3 Å². The summed E-state index contributed by atoms with van der Waals surface area (Å²) in [5.74, 6) is 0.326. The largest absolute Gasteiger partial charge is 0.414 e. The first-order valence-corrected chi connectivity index (χ1v) is 17.7. The lowest BCUT2D eigenvalue weighted by Crippen LogP contribution is -2.48. The zero-order valence-corrected chi connectivity index (χ0v) is 26.1. The summed E-state index contributed by atoms with van der Waals surface area (Å²) in [4.78, 5) is 0. The Labute approximate surface area is 216 Å². The molecule has 0 unspecified atom stereocenters. The molecule has 0 heterocycles. The molecule has 0 rings (SSSR count). The van der Waals surface area contributed by atoms with Gasteiger partial charge in [0, 0.05) is 0 Å². The quantitative estimate of drug-likeness (QED) is 0.126. The van der Waals surface area contributed by atoms with Gasteiger partial charge >= 0.3 is 0 Å². The highest BCUT2D eigenvalue weighted by Gasteiger charge is 2.39. The lowest BCUT2D eigenvalue weighted by molar-refractivity contribution is -0.148. The summed E-state index contributed by atoms with van der Waals surface area (Å²) in [6.07, 6.45) is 17.8. The monoisotopic (exact) mass is 500 g/mol. The molecule has 4 heteroatoms. The van der Waals surface area contributed by atoms with Gasteiger partial charge < -0.3 is 14.3 Å². The van der Waals surface area contributed by atoms with E-state index in [0.717, 1.165) is 12.8 Å². The van der Waals surface area contributed by atoms with Crippen LogP contribution in [0.15, 0.2) is 0 Å². The fraction of sp³-hybridized carbons (Fsp3) is 1.00. The second-order valence-corrected chi connectivity index (χ2v) is 17.8. The average Bonchev–Trinajstić information content (AvgIpc) is 2.75. The SMILES string of the molecule is CCCCCCCCCCCCCC[C@@H](C)[C@@H](OC(C)(C)CC)[C@@H](O)CO[Si](C)(C)C(C)(C)C. The first-order chi connectivity index (χ1) is 15.8. The molecule has 0 radical (unpaired) electrons. The minimum absolute atomic E-state index is 0.145. The molecule has 0 amide bonds. The lowest BCUT2D eigenvalue weighted by Gasteiger charge is -2.40. The molecular formula is C30H64O3Si. The average molecular weight is 501 g/mol. The maximum absolute atomic E-state index is 11.1. The van der Waals surface area contributed by atoms with Gasteiger partial charge in [0.25, 0.3) is 0 Å². The molecular weight excluding hydrogens is 436 g/mol. The van der Waals surface area contributed by atoms with Gasteiger partial charge in [-0.15, -0.1) is 0 Å². The van der Waals surface area contributed by atoms with Crippen molar-refractivity contribution in [2.45, 2.75) is 181 Å². The van der Waals surface area contributed by atoms with Crippen molar-refractivity contribution < 1.29 is 14.3 Å². The van der Waals surface area contributed by atoms with Crippen molar-refractivity contribution in [1.82, 2.24) is 0 Å². The molecule has 0 aliphatic carbocycles. The lowest BCUT2D eigenvalue weighted by atomic mass is 9.92. The highest BCUT2D eigenvalue weighted by Crippen LogP contribution is 2.37. The van der Waals surface area contributed by atoms with Gasteiger partial charge in [-0.25, -0.2) is 0 Å². The first-order valence-electron chi connectivity index (χ1n) is 14.8. The van der Waals surface area contributed by atoms with Crippen LogP contribution in [0.25, 0.3) is 0 Å². The summed E-state index contributed by atoms with van der Waals surface area (Å²) in [6.45, 7) is 22.6. The van der Waals surface area contributed by atoms with Crippen molar-refractivity contribution in [3.05, 3.63) is 0 Å². The van der Waals surface area contributed by atoms with Gasteiger partial charge in [-0.1, -0.05) is 119 Å². The van der Waals surface area contributed by atoms with Crippen molar-refractivity contribution in [3.63, 3.8) is 0 Å². The highest BCUT2D eigenvalue weighted by atomic mass is 28.4. The van der Waals surface area contributed by atoms with Gasteiger partial charge in [0.15, 0.2) is 8.32 Å². The standard InChI is InChI=1S/C30H64O3Si/c1-11-13-14-15-16-17-18-19-20-21-22-23-24-26(3)28(33-30(7,8)12-2)27(31)25-32-34(9,10)29(4,5)6/h26-28,31H,11-25H2,1-10H3/t26-,27+,28-/m1/s1. The molecule has 0 aromatic rings. The van der Waals surface area contributed by atoms with Crippen LogP contribution in [-0.2, 0) is 9.16 Å². The van der Waals surface area contributed by atoms with Crippen molar-refractivity contribution in [2.24, 2.45) is 5.92 Å². The van der Waals surface area contributed by atoms with Crippen LogP contribution in [0.4, 0.5) is 0 Å². The van der Waals surface area contributed by atoms with E-state index in [-0.39, 0.29) is 16.7 Å². The van der Waals surface area contributed by atoms with E-state index >= 15 is 0 Å². The third kappa shape index (κ3) is 15.3. The Hall–Kier alpha value is 0.0969. The Balaban J connectivity index is 4.43. The topological polar surface area (TPSA) is 38.7 Å². The van der Waals surface area contributed by atoms with Crippen molar-refractivity contribution in [1.29, 1.82) is 0 Å². The number of rotatable bonds is 21. The number of aliphatic hydroxyl groups excluding tert-OH is 1.